The molecule has 2 N–H and O–H groups in total. The van der Waals surface area contributed by atoms with Gasteiger partial charge in [0.15, 0.2) is 13.3 Å². The number of nitrogens with two attached hydrogens (primary N) is 1. The Morgan fingerprint density at radius 3 is 2.14 bits per heavy atom. The highest BCUT2D eigenvalue weighted by Gasteiger charge is 2.52. The summed E-state index contributed by atoms with van der Waals surface area (Å²) < 4.78 is 60.5. The van der Waals surface area contributed by atoms with Crippen molar-refractivity contribution in [1.82, 2.24) is 0 Å². The van der Waals surface area contributed by atoms with E-state index >= 15 is 0 Å². The molecule has 12 heteroatoms. The maximum absolute atomic E-state index is 14.1. The van der Waals surface area contributed by atoms with Crippen LogP contribution in [0.25, 0.3) is 0 Å². The van der Waals surface area contributed by atoms with Crippen LogP contribution in [-0.4, -0.2) is 37.7 Å². The van der Waals surface area contributed by atoms with Crippen molar-refractivity contribution < 1.29 is 30.9 Å². The Labute approximate surface area is 169 Å². The summed E-state index contributed by atoms with van der Waals surface area (Å²) in [5.74, 6) is -5.88. The molecule has 1 aliphatic heterocycles. The van der Waals surface area contributed by atoms with E-state index in [1.807, 2.05) is 0 Å². The maximum atomic E-state index is 14.1. The quantitative estimate of drug-likeness (QED) is 0.570. The molecule has 0 aromatic heterocycles. The number of halogens is 2. The van der Waals surface area contributed by atoms with Crippen molar-refractivity contribution in [3.63, 3.8) is 0 Å². The second-order valence-electron chi connectivity index (χ2n) is 6.15. The van der Waals surface area contributed by atoms with E-state index < -0.39 is 54.8 Å². The zero-order chi connectivity index (χ0) is 21.6. The minimum atomic E-state index is -4.94. The molecule has 0 spiro atoms. The molecule has 2 aromatic carbocycles. The number of hydrogen-bond acceptors (Lipinski definition) is 6. The van der Waals surface area contributed by atoms with Crippen LogP contribution >= 0.6 is 0 Å². The van der Waals surface area contributed by atoms with Gasteiger partial charge in [0.25, 0.3) is 0 Å². The largest absolute Gasteiger partial charge is 0.467 e. The second-order valence-corrected chi connectivity index (χ2v) is 7.90. The maximum Gasteiger partial charge on any atom is 0.302 e. The molecule has 0 saturated heterocycles. The normalized spacial score (nSPS) is 19.9. The van der Waals surface area contributed by atoms with Crippen molar-refractivity contribution in [1.29, 1.82) is 0 Å². The van der Waals surface area contributed by atoms with Crippen LogP contribution in [0.1, 0.15) is 11.1 Å². The SMILES string of the molecule is [B]C1(c2c(F)cccc2F)OC(N)=C(OS(=O)(=O)C([B])([B])c2ccccc2)C1=O. The van der Waals surface area contributed by atoms with Gasteiger partial charge in [0.1, 0.15) is 11.6 Å². The summed E-state index contributed by atoms with van der Waals surface area (Å²) in [7, 11) is 12.2. The third-order valence-electron chi connectivity index (χ3n) is 4.20. The molecule has 1 unspecified atom stereocenters. The van der Waals surface area contributed by atoms with Gasteiger partial charge in [0, 0.05) is 0 Å². The minimum Gasteiger partial charge on any atom is -0.467 e. The molecular weight excluding hydrogens is 401 g/mol. The van der Waals surface area contributed by atoms with Gasteiger partial charge < -0.3 is 14.7 Å². The molecule has 29 heavy (non-hydrogen) atoms. The number of Topliss-reactive ketones (excluding diaryl/α,β-unsaturated/α-hetero) is 1. The Hall–Kier alpha value is -2.75. The first kappa shape index (κ1) is 21.0. The van der Waals surface area contributed by atoms with Crippen molar-refractivity contribution in [3.8, 4) is 0 Å². The molecule has 0 aliphatic carbocycles. The lowest BCUT2D eigenvalue weighted by molar-refractivity contribution is -0.126. The van der Waals surface area contributed by atoms with Gasteiger partial charge in [-0.25, -0.2) is 8.78 Å². The Morgan fingerprint density at radius 1 is 1.03 bits per heavy atom. The number of hydrogen-bond donors (Lipinski definition) is 1. The zero-order valence-electron chi connectivity index (χ0n) is 14.6. The van der Waals surface area contributed by atoms with E-state index in [2.05, 4.69) is 0 Å². The lowest BCUT2D eigenvalue weighted by atomic mass is 9.65. The molecule has 2 aromatic rings. The number of benzene rings is 2. The van der Waals surface area contributed by atoms with Gasteiger partial charge in [-0.15, -0.1) is 0 Å². The molecule has 6 nitrogen and oxygen atoms in total. The Morgan fingerprint density at radius 2 is 1.59 bits per heavy atom. The fraction of sp³-hybridized carbons (Fsp3) is 0.118. The molecule has 0 amide bonds. The highest BCUT2D eigenvalue weighted by atomic mass is 32.2. The summed E-state index contributed by atoms with van der Waals surface area (Å²) in [6.45, 7) is 0. The summed E-state index contributed by atoms with van der Waals surface area (Å²) in [6, 6.07) is 9.86. The van der Waals surface area contributed by atoms with Crippen LogP contribution in [0, 0.1) is 11.6 Å². The van der Waals surface area contributed by atoms with Gasteiger partial charge in [-0.3, -0.25) is 4.79 Å². The average molecular weight is 411 g/mol. The van der Waals surface area contributed by atoms with Crippen LogP contribution in [0.15, 0.2) is 60.2 Å². The number of carbonyl (C=O) groups is 1. The van der Waals surface area contributed by atoms with Crippen LogP contribution in [0.3, 0.4) is 0 Å². The molecule has 0 saturated carbocycles. The smallest absolute Gasteiger partial charge is 0.302 e. The minimum absolute atomic E-state index is 0.0651. The predicted octanol–water partition coefficient (Wildman–Crippen LogP) is 0.507. The van der Waals surface area contributed by atoms with Crippen LogP contribution in [0.2, 0.25) is 0 Å². The molecular formula is C17H10B3F2NO5S. The lowest BCUT2D eigenvalue weighted by Gasteiger charge is -2.26. The third-order valence-corrected chi connectivity index (χ3v) is 5.65. The zero-order valence-corrected chi connectivity index (χ0v) is 15.5. The fourth-order valence-electron chi connectivity index (χ4n) is 2.66. The summed E-state index contributed by atoms with van der Waals surface area (Å²) in [4.78, 5) is 12.7. The third kappa shape index (κ3) is 3.31. The van der Waals surface area contributed by atoms with E-state index in [1.165, 1.54) is 24.3 Å². The fourth-order valence-corrected chi connectivity index (χ4v) is 3.60. The monoisotopic (exact) mass is 411 g/mol. The van der Waals surface area contributed by atoms with Gasteiger partial charge in [-0.1, -0.05) is 36.4 Å². The van der Waals surface area contributed by atoms with Crippen LogP contribution in [-0.2, 0) is 33.9 Å². The predicted molar refractivity (Wildman–Crippen MR) is 101 cm³/mol. The first-order valence-corrected chi connectivity index (χ1v) is 9.37. The van der Waals surface area contributed by atoms with Crippen molar-refractivity contribution in [2.24, 2.45) is 5.73 Å². The molecule has 3 rings (SSSR count). The second kappa shape index (κ2) is 6.94. The Balaban J connectivity index is 1.99. The number of ketones is 1. The van der Waals surface area contributed by atoms with E-state index in [4.69, 9.17) is 38.2 Å². The van der Waals surface area contributed by atoms with Gasteiger partial charge in [0.2, 0.25) is 17.4 Å². The number of ether oxygens (including phenoxy) is 1. The molecule has 0 bridgehead atoms. The van der Waals surface area contributed by atoms with Gasteiger partial charge >= 0.3 is 10.1 Å². The summed E-state index contributed by atoms with van der Waals surface area (Å²) in [5, 5.41) is 0. The number of carbonyl (C=O) groups excluding carboxylic acids is 1. The van der Waals surface area contributed by atoms with E-state index in [0.717, 1.165) is 18.2 Å². The highest BCUT2D eigenvalue weighted by Crippen LogP contribution is 2.39. The van der Waals surface area contributed by atoms with Crippen molar-refractivity contribution in [3.05, 3.63) is 82.9 Å². The van der Waals surface area contributed by atoms with Crippen molar-refractivity contribution in [2.75, 3.05) is 0 Å². The first-order valence-electron chi connectivity index (χ1n) is 7.96. The highest BCUT2D eigenvalue weighted by molar-refractivity contribution is 7.90. The van der Waals surface area contributed by atoms with Crippen LogP contribution in [0.4, 0.5) is 8.78 Å². The first-order chi connectivity index (χ1) is 13.4. The molecule has 1 aliphatic rings. The lowest BCUT2D eigenvalue weighted by Crippen LogP contribution is -2.41. The van der Waals surface area contributed by atoms with Crippen molar-refractivity contribution >= 4 is 39.4 Å². The Bertz CT molecular complexity index is 1100. The molecule has 1 atom stereocenters. The van der Waals surface area contributed by atoms with Crippen LogP contribution in [0.5, 0.6) is 0 Å². The molecule has 1 heterocycles. The topological polar surface area (TPSA) is 95.7 Å². The van der Waals surface area contributed by atoms with Gasteiger partial charge in [-0.2, -0.15) is 8.42 Å². The van der Waals surface area contributed by atoms with Crippen molar-refractivity contribution in [2.45, 2.75) is 10.0 Å². The molecule has 6 radical (unpaired) electrons. The average Bonchev–Trinajstić information content (AvgIpc) is 2.85. The molecule has 0 fully saturated rings. The number of rotatable bonds is 5. The van der Waals surface area contributed by atoms with Gasteiger partial charge in [-0.05, 0) is 17.7 Å². The summed E-state index contributed by atoms with van der Waals surface area (Å²) in [5.41, 5.74) is 1.69. The van der Waals surface area contributed by atoms with E-state index in [-0.39, 0.29) is 5.56 Å². The summed E-state index contributed by atoms with van der Waals surface area (Å²) >= 11 is 0. The Kier molecular flexibility index (Phi) is 5.02. The van der Waals surface area contributed by atoms with E-state index in [0.29, 0.717) is 0 Å². The van der Waals surface area contributed by atoms with E-state index in [9.17, 15) is 22.0 Å². The van der Waals surface area contributed by atoms with E-state index in [1.54, 1.807) is 6.07 Å². The summed E-state index contributed by atoms with van der Waals surface area (Å²) in [6.07, 6.45) is 0. The molecule has 142 valence electrons. The standard InChI is InChI=1S/C17H10B3F2NO5S/c18-16(12-10(21)7-4-8-11(12)22)14(24)13(15(23)27-16)28-29(25,26)17(19,20)9-5-2-1-3-6-9/h1-8H,23H2. The van der Waals surface area contributed by atoms with Gasteiger partial charge in [0.05, 0.1) is 25.8 Å². The van der Waals surface area contributed by atoms with Crippen LogP contribution < -0.4 is 5.73 Å².